The number of hydrogen-bond acceptors (Lipinski definition) is 4. The molecule has 0 aliphatic heterocycles. The molecular formula is C32H20F10IrN4P. The summed E-state index contributed by atoms with van der Waals surface area (Å²) in [6.07, 6.45) is 6.63. The summed E-state index contributed by atoms with van der Waals surface area (Å²) in [6, 6.07) is 30.6. The Morgan fingerprint density at radius 3 is 0.938 bits per heavy atom. The average Bonchev–Trinajstić information content (AvgIpc) is 3.02. The van der Waals surface area contributed by atoms with Gasteiger partial charge in [0.1, 0.15) is 0 Å². The first-order chi connectivity index (χ1) is 22.0. The number of hydrogen-bond donors (Lipinski definition) is 0. The Morgan fingerprint density at radius 1 is 0.438 bits per heavy atom. The molecule has 2 aromatic carbocycles. The number of benzene rings is 2. The van der Waals surface area contributed by atoms with E-state index in [-0.39, 0.29) is 31.2 Å². The minimum Gasteiger partial charge on any atom is -0.305 e. The molecule has 0 saturated heterocycles. The van der Waals surface area contributed by atoms with Crippen molar-refractivity contribution in [1.29, 1.82) is 0 Å². The number of aromatic nitrogens is 4. The summed E-state index contributed by atoms with van der Waals surface area (Å²) >= 11 is 0. The molecule has 0 N–H and O–H groups in total. The van der Waals surface area contributed by atoms with Crippen LogP contribution in [0.5, 0.6) is 0 Å². The van der Waals surface area contributed by atoms with Crippen LogP contribution in [-0.4, -0.2) is 19.9 Å². The Bertz CT molecular complexity index is 1720. The molecule has 0 unspecified atom stereocenters. The van der Waals surface area contributed by atoms with E-state index >= 15 is 0 Å². The van der Waals surface area contributed by atoms with Crippen LogP contribution in [0.2, 0.25) is 0 Å². The van der Waals surface area contributed by atoms with E-state index in [9.17, 15) is 42.7 Å². The summed E-state index contributed by atoms with van der Waals surface area (Å²) in [7, 11) is -10.7. The molecule has 0 atom stereocenters. The van der Waals surface area contributed by atoms with Crippen molar-refractivity contribution < 1.29 is 62.8 Å². The van der Waals surface area contributed by atoms with Gasteiger partial charge in [0, 0.05) is 48.1 Å². The Hall–Kier alpha value is -4.58. The predicted molar refractivity (Wildman–Crippen MR) is 158 cm³/mol. The fourth-order valence-electron chi connectivity index (χ4n) is 3.33. The average molecular weight is 874 g/mol. The Kier molecular flexibility index (Phi) is 13.6. The maximum Gasteiger partial charge on any atom is 3.00 e. The van der Waals surface area contributed by atoms with E-state index in [0.717, 1.165) is 35.7 Å². The van der Waals surface area contributed by atoms with E-state index in [1.165, 1.54) is 0 Å². The molecule has 0 fully saturated rings. The summed E-state index contributed by atoms with van der Waals surface area (Å²) in [5.74, 6) is -2.57. The van der Waals surface area contributed by atoms with Crippen LogP contribution >= 0.6 is 7.81 Å². The predicted octanol–water partition coefficient (Wildman–Crippen LogP) is 11.2. The second-order valence-electron chi connectivity index (χ2n) is 8.90. The van der Waals surface area contributed by atoms with Crippen LogP contribution in [0.25, 0.3) is 33.9 Å². The molecule has 0 aliphatic carbocycles. The van der Waals surface area contributed by atoms with Gasteiger partial charge in [0.2, 0.25) is 0 Å². The third kappa shape index (κ3) is 15.8. The topological polar surface area (TPSA) is 51.6 Å². The van der Waals surface area contributed by atoms with E-state index in [4.69, 9.17) is 0 Å². The van der Waals surface area contributed by atoms with Gasteiger partial charge in [-0.2, -0.15) is 0 Å². The first-order valence-electron chi connectivity index (χ1n) is 12.9. The van der Waals surface area contributed by atoms with Gasteiger partial charge in [-0.15, -0.1) is 24.3 Å². The maximum absolute atomic E-state index is 13.2. The normalized spacial score (nSPS) is 11.7. The van der Waals surface area contributed by atoms with Crippen molar-refractivity contribution in [1.82, 2.24) is 19.9 Å². The number of halogens is 10. The number of nitrogens with zero attached hydrogens (tertiary/aromatic N) is 4. The quantitative estimate of drug-likeness (QED) is 0.101. The van der Waals surface area contributed by atoms with Crippen molar-refractivity contribution in [2.24, 2.45) is 0 Å². The molecular weight excluding hydrogens is 854 g/mol. The minimum atomic E-state index is -10.7. The first-order valence-corrected chi connectivity index (χ1v) is 14.9. The van der Waals surface area contributed by atoms with Gasteiger partial charge < -0.3 is 9.97 Å². The van der Waals surface area contributed by atoms with Crippen molar-refractivity contribution in [3.63, 3.8) is 0 Å². The van der Waals surface area contributed by atoms with Crippen molar-refractivity contribution in [3.05, 3.63) is 157 Å². The van der Waals surface area contributed by atoms with E-state index < -0.39 is 31.1 Å². The third-order valence-electron chi connectivity index (χ3n) is 5.15. The van der Waals surface area contributed by atoms with Crippen LogP contribution in [0.4, 0.5) is 42.7 Å². The molecule has 0 amide bonds. The van der Waals surface area contributed by atoms with Gasteiger partial charge in [-0.3, -0.25) is 27.5 Å². The van der Waals surface area contributed by atoms with Crippen LogP contribution in [0, 0.1) is 35.4 Å². The van der Waals surface area contributed by atoms with Crippen molar-refractivity contribution in [2.45, 2.75) is 0 Å². The van der Waals surface area contributed by atoms with Gasteiger partial charge in [-0.1, -0.05) is 59.7 Å². The molecule has 4 heterocycles. The summed E-state index contributed by atoms with van der Waals surface area (Å²) in [5.41, 5.74) is 3.10. The maximum atomic E-state index is 13.2. The SMILES string of the molecule is F[P-](F)(F)(F)(F)F.Fc1c[c-]c(-c2ccccn2)c(F)c1.Fc1c[c-]c(-c2ccccn2)c(F)c1.[Ir+3].c1ccc(-c2ccccn2)nc1. The van der Waals surface area contributed by atoms with Gasteiger partial charge in [-0.25, -0.2) is 0 Å². The van der Waals surface area contributed by atoms with Gasteiger partial charge in [0.05, 0.1) is 11.4 Å². The van der Waals surface area contributed by atoms with Crippen LogP contribution in [0.1, 0.15) is 0 Å². The van der Waals surface area contributed by atoms with Gasteiger partial charge >= 0.3 is 53.1 Å². The zero-order valence-electron chi connectivity index (χ0n) is 23.9. The molecule has 0 aliphatic rings. The molecule has 6 rings (SSSR count). The minimum absolute atomic E-state index is 0. The molecule has 4 aromatic heterocycles. The molecule has 16 heteroatoms. The van der Waals surface area contributed by atoms with E-state index in [2.05, 4.69) is 32.1 Å². The standard InChI is InChI=1S/2C11H6F2N.C10H8N2.F6P.Ir/c2*12-8-4-5-9(10(13)7-8)11-3-1-2-6-14-11;1-3-7-11-9(5-1)10-6-2-4-8-12-10;1-7(2,3,4,5)6;/h2*1-4,6-7H;1-8H;;/q2*-1;;-1;+3. The molecule has 4 nitrogen and oxygen atoms in total. The second-order valence-corrected chi connectivity index (χ2v) is 10.8. The Morgan fingerprint density at radius 2 is 0.708 bits per heavy atom. The fraction of sp³-hybridized carbons (Fsp3) is 0. The molecule has 0 bridgehead atoms. The fourth-order valence-corrected chi connectivity index (χ4v) is 3.33. The summed E-state index contributed by atoms with van der Waals surface area (Å²) in [4.78, 5) is 16.3. The van der Waals surface area contributed by atoms with Crippen LogP contribution in [0.3, 0.4) is 0 Å². The smallest absolute Gasteiger partial charge is 0.305 e. The van der Waals surface area contributed by atoms with E-state index in [1.807, 2.05) is 36.4 Å². The monoisotopic (exact) mass is 874 g/mol. The van der Waals surface area contributed by atoms with Crippen LogP contribution in [-0.2, 0) is 20.1 Å². The third-order valence-corrected chi connectivity index (χ3v) is 5.15. The molecule has 0 radical (unpaired) electrons. The van der Waals surface area contributed by atoms with E-state index in [0.29, 0.717) is 11.4 Å². The summed E-state index contributed by atoms with van der Waals surface area (Å²) in [6.45, 7) is 0. The second kappa shape index (κ2) is 16.5. The van der Waals surface area contributed by atoms with Crippen LogP contribution < -0.4 is 0 Å². The van der Waals surface area contributed by atoms with Crippen molar-refractivity contribution in [2.75, 3.05) is 0 Å². The zero-order chi connectivity index (χ0) is 34.6. The Labute approximate surface area is 281 Å². The van der Waals surface area contributed by atoms with Gasteiger partial charge in [-0.05, 0) is 47.8 Å². The number of rotatable bonds is 3. The largest absolute Gasteiger partial charge is 3.00 e. The molecule has 0 saturated carbocycles. The summed E-state index contributed by atoms with van der Waals surface area (Å²) < 4.78 is 111. The first kappa shape index (κ1) is 39.6. The van der Waals surface area contributed by atoms with Gasteiger partial charge in [0.25, 0.3) is 0 Å². The molecule has 0 spiro atoms. The van der Waals surface area contributed by atoms with E-state index in [1.54, 1.807) is 61.2 Å². The van der Waals surface area contributed by atoms with Gasteiger partial charge in [0.15, 0.2) is 0 Å². The molecule has 6 aromatic rings. The van der Waals surface area contributed by atoms with Crippen molar-refractivity contribution >= 4 is 7.81 Å². The number of pyridine rings is 4. The zero-order valence-corrected chi connectivity index (χ0v) is 27.2. The molecule has 252 valence electrons. The Balaban J connectivity index is 0.000000227. The van der Waals surface area contributed by atoms with Crippen molar-refractivity contribution in [3.8, 4) is 33.9 Å². The summed E-state index contributed by atoms with van der Waals surface area (Å²) in [5, 5.41) is 0. The van der Waals surface area contributed by atoms with Crippen LogP contribution in [0.15, 0.2) is 122 Å². The molecule has 48 heavy (non-hydrogen) atoms.